The largest absolute Gasteiger partial charge is 0.351 e. The summed E-state index contributed by atoms with van der Waals surface area (Å²) in [5, 5.41) is 2.85. The normalized spacial score (nSPS) is 14.9. The van der Waals surface area contributed by atoms with Gasteiger partial charge in [-0.15, -0.1) is 0 Å². The average molecular weight is 361 g/mol. The number of likely N-dealkylation sites (tertiary alicyclic amines) is 1. The highest BCUT2D eigenvalue weighted by Gasteiger charge is 2.20. The Morgan fingerprint density at radius 2 is 1.69 bits per heavy atom. The Kier molecular flexibility index (Phi) is 4.82. The van der Waals surface area contributed by atoms with Crippen molar-refractivity contribution in [3.05, 3.63) is 42.8 Å². The SMILES string of the molecule is Cn1c(=O)c2c(C(=O)NCCN3CCCC3)cc(=O)n(C)c2n(C)c1=O. The summed E-state index contributed by atoms with van der Waals surface area (Å²) in [6.07, 6.45) is 2.33. The molecule has 0 radical (unpaired) electrons. The molecule has 1 saturated heterocycles. The molecule has 0 spiro atoms. The Morgan fingerprint density at radius 1 is 1.04 bits per heavy atom. The Labute approximate surface area is 149 Å². The number of carbonyl (C=O) groups is 1. The average Bonchev–Trinajstić information content (AvgIpc) is 3.13. The van der Waals surface area contributed by atoms with Crippen LogP contribution in [0.1, 0.15) is 23.2 Å². The van der Waals surface area contributed by atoms with Crippen LogP contribution in [0.4, 0.5) is 0 Å². The Morgan fingerprint density at radius 3 is 2.35 bits per heavy atom. The zero-order valence-electron chi connectivity index (χ0n) is 15.2. The molecule has 2 aromatic heterocycles. The number of rotatable bonds is 4. The van der Waals surface area contributed by atoms with Crippen LogP contribution in [-0.4, -0.2) is 50.7 Å². The molecule has 3 heterocycles. The number of hydrogen-bond donors (Lipinski definition) is 1. The van der Waals surface area contributed by atoms with E-state index >= 15 is 0 Å². The van der Waals surface area contributed by atoms with E-state index in [1.165, 1.54) is 30.3 Å². The first kappa shape index (κ1) is 18.1. The number of fused-ring (bicyclic) bond motifs is 1. The van der Waals surface area contributed by atoms with Gasteiger partial charge in [0.15, 0.2) is 0 Å². The molecular formula is C17H23N5O4. The van der Waals surface area contributed by atoms with Gasteiger partial charge in [0, 0.05) is 40.3 Å². The van der Waals surface area contributed by atoms with Gasteiger partial charge in [0.05, 0.1) is 10.9 Å². The highest BCUT2D eigenvalue weighted by atomic mass is 16.2. The van der Waals surface area contributed by atoms with Crippen molar-refractivity contribution in [1.82, 2.24) is 23.9 Å². The molecule has 1 aliphatic heterocycles. The lowest BCUT2D eigenvalue weighted by molar-refractivity contribution is 0.0951. The summed E-state index contributed by atoms with van der Waals surface area (Å²) in [5.41, 5.74) is -1.46. The molecule has 0 saturated carbocycles. The van der Waals surface area contributed by atoms with E-state index in [4.69, 9.17) is 0 Å². The maximum absolute atomic E-state index is 12.6. The summed E-state index contributed by atoms with van der Waals surface area (Å²) >= 11 is 0. The number of carbonyl (C=O) groups excluding carboxylic acids is 1. The minimum atomic E-state index is -0.594. The molecule has 0 unspecified atom stereocenters. The molecule has 1 fully saturated rings. The van der Waals surface area contributed by atoms with Crippen LogP contribution >= 0.6 is 0 Å². The third kappa shape index (κ3) is 2.98. The van der Waals surface area contributed by atoms with E-state index in [1.54, 1.807) is 0 Å². The quantitative estimate of drug-likeness (QED) is 0.735. The topological polar surface area (TPSA) is 98.3 Å². The molecule has 2 aromatic rings. The van der Waals surface area contributed by atoms with Crippen LogP contribution in [-0.2, 0) is 21.1 Å². The first-order valence-electron chi connectivity index (χ1n) is 8.63. The number of pyridine rings is 1. The smallest absolute Gasteiger partial charge is 0.332 e. The molecule has 3 rings (SSSR count). The highest BCUT2D eigenvalue weighted by molar-refractivity contribution is 6.05. The number of nitrogens with zero attached hydrogens (tertiary/aromatic N) is 4. The van der Waals surface area contributed by atoms with Crippen molar-refractivity contribution in [2.24, 2.45) is 21.1 Å². The van der Waals surface area contributed by atoms with Gasteiger partial charge in [-0.3, -0.25) is 28.1 Å². The van der Waals surface area contributed by atoms with Crippen molar-refractivity contribution >= 4 is 16.9 Å². The van der Waals surface area contributed by atoms with Gasteiger partial charge in [-0.2, -0.15) is 0 Å². The maximum atomic E-state index is 12.6. The van der Waals surface area contributed by atoms with Crippen LogP contribution in [0.5, 0.6) is 0 Å². The molecule has 0 aromatic carbocycles. The standard InChI is InChI=1S/C17H23N5O4/c1-19-12(23)10-11(14(24)18-6-9-22-7-4-5-8-22)13-15(19)20(2)17(26)21(3)16(13)25/h10H,4-9H2,1-3H3,(H,18,24). The number of hydrogen-bond acceptors (Lipinski definition) is 5. The number of aryl methyl sites for hydroxylation is 2. The third-order valence-electron chi connectivity index (χ3n) is 4.98. The summed E-state index contributed by atoms with van der Waals surface area (Å²) in [6, 6.07) is 1.15. The van der Waals surface area contributed by atoms with E-state index in [-0.39, 0.29) is 16.6 Å². The number of amides is 1. The predicted molar refractivity (Wildman–Crippen MR) is 97.7 cm³/mol. The van der Waals surface area contributed by atoms with Crippen molar-refractivity contribution in [2.75, 3.05) is 26.2 Å². The molecule has 26 heavy (non-hydrogen) atoms. The summed E-state index contributed by atoms with van der Waals surface area (Å²) in [4.78, 5) is 51.9. The third-order valence-corrected chi connectivity index (χ3v) is 4.98. The van der Waals surface area contributed by atoms with Crippen LogP contribution in [0.15, 0.2) is 20.4 Å². The van der Waals surface area contributed by atoms with Crippen molar-refractivity contribution < 1.29 is 4.79 Å². The summed E-state index contributed by atoms with van der Waals surface area (Å²) in [7, 11) is 4.29. The van der Waals surface area contributed by atoms with Crippen molar-refractivity contribution in [1.29, 1.82) is 0 Å². The van der Waals surface area contributed by atoms with Crippen LogP contribution in [0.3, 0.4) is 0 Å². The van der Waals surface area contributed by atoms with Gasteiger partial charge in [0.1, 0.15) is 5.65 Å². The van der Waals surface area contributed by atoms with Gasteiger partial charge in [0.2, 0.25) is 0 Å². The van der Waals surface area contributed by atoms with E-state index in [9.17, 15) is 19.2 Å². The molecule has 1 aliphatic rings. The fourth-order valence-corrected chi connectivity index (χ4v) is 3.47. The van der Waals surface area contributed by atoms with E-state index < -0.39 is 22.7 Å². The Balaban J connectivity index is 2.04. The van der Waals surface area contributed by atoms with E-state index in [0.717, 1.165) is 43.1 Å². The molecule has 9 heteroatoms. The van der Waals surface area contributed by atoms with Gasteiger partial charge in [-0.25, -0.2) is 4.79 Å². The van der Waals surface area contributed by atoms with Crippen LogP contribution in [0.2, 0.25) is 0 Å². The van der Waals surface area contributed by atoms with Gasteiger partial charge in [-0.1, -0.05) is 0 Å². The highest BCUT2D eigenvalue weighted by Crippen LogP contribution is 2.11. The van der Waals surface area contributed by atoms with Crippen molar-refractivity contribution in [3.63, 3.8) is 0 Å². The van der Waals surface area contributed by atoms with Crippen molar-refractivity contribution in [2.45, 2.75) is 12.8 Å². The first-order valence-corrected chi connectivity index (χ1v) is 8.63. The lowest BCUT2D eigenvalue weighted by atomic mass is 10.1. The van der Waals surface area contributed by atoms with Gasteiger partial charge in [-0.05, 0) is 25.9 Å². The second kappa shape index (κ2) is 6.91. The number of nitrogens with one attached hydrogen (secondary N) is 1. The van der Waals surface area contributed by atoms with Crippen LogP contribution in [0, 0.1) is 0 Å². The summed E-state index contributed by atoms with van der Waals surface area (Å²) in [6.45, 7) is 3.20. The minimum Gasteiger partial charge on any atom is -0.351 e. The van der Waals surface area contributed by atoms with Gasteiger partial charge in [0.25, 0.3) is 17.0 Å². The second-order valence-electron chi connectivity index (χ2n) is 6.66. The van der Waals surface area contributed by atoms with Crippen molar-refractivity contribution in [3.8, 4) is 0 Å². The molecule has 9 nitrogen and oxygen atoms in total. The summed E-state index contributed by atoms with van der Waals surface area (Å²) in [5.74, 6) is -0.484. The molecule has 0 atom stereocenters. The fourth-order valence-electron chi connectivity index (χ4n) is 3.47. The molecule has 0 bridgehead atoms. The second-order valence-corrected chi connectivity index (χ2v) is 6.66. The fraction of sp³-hybridized carbons (Fsp3) is 0.529. The monoisotopic (exact) mass is 361 g/mol. The first-order chi connectivity index (χ1) is 12.3. The molecule has 140 valence electrons. The van der Waals surface area contributed by atoms with E-state index in [2.05, 4.69) is 10.2 Å². The van der Waals surface area contributed by atoms with Crippen LogP contribution in [0.25, 0.3) is 11.0 Å². The van der Waals surface area contributed by atoms with E-state index in [0.29, 0.717) is 6.54 Å². The summed E-state index contributed by atoms with van der Waals surface area (Å²) < 4.78 is 3.35. The molecule has 0 aliphatic carbocycles. The van der Waals surface area contributed by atoms with Crippen LogP contribution < -0.4 is 22.1 Å². The zero-order chi connectivity index (χ0) is 19.0. The zero-order valence-corrected chi connectivity index (χ0v) is 15.2. The Hall–Kier alpha value is -2.68. The lowest BCUT2D eigenvalue weighted by Crippen LogP contribution is -2.41. The van der Waals surface area contributed by atoms with Gasteiger partial charge < -0.3 is 10.2 Å². The molecule has 1 N–H and O–H groups in total. The maximum Gasteiger partial charge on any atom is 0.332 e. The number of aromatic nitrogens is 3. The predicted octanol–water partition coefficient (Wildman–Crippen LogP) is -1.24. The molecular weight excluding hydrogens is 338 g/mol. The Bertz CT molecular complexity index is 1040. The lowest BCUT2D eigenvalue weighted by Gasteiger charge is -2.16. The molecule has 1 amide bonds. The van der Waals surface area contributed by atoms with Gasteiger partial charge >= 0.3 is 5.69 Å². The van der Waals surface area contributed by atoms with E-state index in [1.807, 2.05) is 0 Å². The minimum absolute atomic E-state index is 0.000668.